The van der Waals surface area contributed by atoms with Gasteiger partial charge in [0.2, 0.25) is 5.88 Å². The Labute approximate surface area is 83.8 Å². The molecule has 0 aliphatic rings. The Hall–Kier alpha value is -1.58. The SMILES string of the molecule is C=CCOc1cc(N)nc(CCC)n1. The molecule has 0 spiro atoms. The zero-order valence-corrected chi connectivity index (χ0v) is 8.36. The van der Waals surface area contributed by atoms with Crippen LogP contribution in [0.3, 0.4) is 0 Å². The highest BCUT2D eigenvalue weighted by molar-refractivity contribution is 5.32. The van der Waals surface area contributed by atoms with Crippen LogP contribution in [0.5, 0.6) is 5.88 Å². The molecule has 0 atom stereocenters. The van der Waals surface area contributed by atoms with Gasteiger partial charge >= 0.3 is 0 Å². The Balaban J connectivity index is 2.77. The average Bonchev–Trinajstić information content (AvgIpc) is 2.14. The third-order valence-corrected chi connectivity index (χ3v) is 1.59. The second-order valence-electron chi connectivity index (χ2n) is 2.90. The van der Waals surface area contributed by atoms with Crippen molar-refractivity contribution >= 4 is 5.82 Å². The number of nitrogen functional groups attached to an aromatic ring is 1. The molecule has 1 heterocycles. The third-order valence-electron chi connectivity index (χ3n) is 1.59. The first-order chi connectivity index (χ1) is 6.76. The van der Waals surface area contributed by atoms with Gasteiger partial charge in [-0.25, -0.2) is 4.98 Å². The molecule has 1 rings (SSSR count). The number of rotatable bonds is 5. The van der Waals surface area contributed by atoms with Gasteiger partial charge in [0.05, 0.1) is 0 Å². The first kappa shape index (κ1) is 10.5. The highest BCUT2D eigenvalue weighted by Crippen LogP contribution is 2.11. The molecule has 0 aromatic carbocycles. The molecule has 4 nitrogen and oxygen atoms in total. The van der Waals surface area contributed by atoms with Gasteiger partial charge in [-0.1, -0.05) is 19.6 Å². The van der Waals surface area contributed by atoms with E-state index in [2.05, 4.69) is 23.5 Å². The summed E-state index contributed by atoms with van der Waals surface area (Å²) >= 11 is 0. The number of nitrogens with two attached hydrogens (primary N) is 1. The summed E-state index contributed by atoms with van der Waals surface area (Å²) in [5.41, 5.74) is 5.60. The Morgan fingerprint density at radius 3 is 3.00 bits per heavy atom. The molecule has 0 aliphatic carbocycles. The molecule has 0 aliphatic heterocycles. The standard InChI is InChI=1S/C10H15N3O/c1-3-5-9-12-8(11)7-10(13-9)14-6-4-2/h4,7H,2-3,5-6H2,1H3,(H2,11,12,13). The molecule has 2 N–H and O–H groups in total. The van der Waals surface area contributed by atoms with Crippen LogP contribution in [0.2, 0.25) is 0 Å². The molecule has 0 unspecified atom stereocenters. The molecule has 0 saturated carbocycles. The molecule has 0 bridgehead atoms. The van der Waals surface area contributed by atoms with Gasteiger partial charge < -0.3 is 10.5 Å². The van der Waals surface area contributed by atoms with Crippen LogP contribution in [0.25, 0.3) is 0 Å². The van der Waals surface area contributed by atoms with Gasteiger partial charge in [-0.15, -0.1) is 0 Å². The van der Waals surface area contributed by atoms with Crippen LogP contribution < -0.4 is 10.5 Å². The van der Waals surface area contributed by atoms with E-state index in [9.17, 15) is 0 Å². The lowest BCUT2D eigenvalue weighted by Crippen LogP contribution is -2.03. The fourth-order valence-corrected chi connectivity index (χ4v) is 1.05. The van der Waals surface area contributed by atoms with E-state index >= 15 is 0 Å². The fraction of sp³-hybridized carbons (Fsp3) is 0.400. The van der Waals surface area contributed by atoms with Crippen molar-refractivity contribution in [3.8, 4) is 5.88 Å². The van der Waals surface area contributed by atoms with Crippen LogP contribution in [0.1, 0.15) is 19.2 Å². The predicted molar refractivity (Wildman–Crippen MR) is 56.1 cm³/mol. The summed E-state index contributed by atoms with van der Waals surface area (Å²) in [7, 11) is 0. The molecule has 76 valence electrons. The van der Waals surface area contributed by atoms with Crippen LogP contribution in [-0.2, 0) is 6.42 Å². The zero-order chi connectivity index (χ0) is 10.4. The van der Waals surface area contributed by atoms with Crippen molar-refractivity contribution in [2.45, 2.75) is 19.8 Å². The van der Waals surface area contributed by atoms with Gasteiger partial charge in [0, 0.05) is 12.5 Å². The second kappa shape index (κ2) is 5.21. The number of aromatic nitrogens is 2. The molecule has 1 aromatic heterocycles. The Morgan fingerprint density at radius 1 is 1.57 bits per heavy atom. The number of aryl methyl sites for hydroxylation is 1. The van der Waals surface area contributed by atoms with Crippen LogP contribution in [-0.4, -0.2) is 16.6 Å². The van der Waals surface area contributed by atoms with E-state index in [1.54, 1.807) is 12.1 Å². The second-order valence-corrected chi connectivity index (χ2v) is 2.90. The summed E-state index contributed by atoms with van der Waals surface area (Å²) in [5.74, 6) is 1.69. The molecular formula is C10H15N3O. The zero-order valence-electron chi connectivity index (χ0n) is 8.36. The maximum atomic E-state index is 5.60. The Bertz CT molecular complexity index is 312. The molecule has 0 amide bonds. The van der Waals surface area contributed by atoms with E-state index in [1.807, 2.05) is 0 Å². The molecule has 14 heavy (non-hydrogen) atoms. The number of anilines is 1. The Kier molecular flexibility index (Phi) is 3.91. The summed E-state index contributed by atoms with van der Waals surface area (Å²) in [6.07, 6.45) is 3.47. The minimum Gasteiger partial charge on any atom is -0.473 e. The van der Waals surface area contributed by atoms with Crippen molar-refractivity contribution in [1.29, 1.82) is 0 Å². The maximum absolute atomic E-state index is 5.60. The summed E-state index contributed by atoms with van der Waals surface area (Å²) in [6.45, 7) is 6.06. The molecule has 0 radical (unpaired) electrons. The lowest BCUT2D eigenvalue weighted by Gasteiger charge is -2.05. The molecule has 4 heteroatoms. The van der Waals surface area contributed by atoms with E-state index in [-0.39, 0.29) is 0 Å². The van der Waals surface area contributed by atoms with E-state index in [0.717, 1.165) is 18.7 Å². The topological polar surface area (TPSA) is 61.0 Å². The van der Waals surface area contributed by atoms with Gasteiger partial charge in [0.25, 0.3) is 0 Å². The third kappa shape index (κ3) is 3.05. The summed E-state index contributed by atoms with van der Waals surface area (Å²) in [6, 6.07) is 1.61. The quantitative estimate of drug-likeness (QED) is 0.721. The van der Waals surface area contributed by atoms with Gasteiger partial charge in [-0.3, -0.25) is 0 Å². The lowest BCUT2D eigenvalue weighted by molar-refractivity contribution is 0.346. The first-order valence-electron chi connectivity index (χ1n) is 4.63. The molecular weight excluding hydrogens is 178 g/mol. The summed E-state index contributed by atoms with van der Waals surface area (Å²) < 4.78 is 5.27. The number of nitrogens with zero attached hydrogens (tertiary/aromatic N) is 2. The van der Waals surface area contributed by atoms with Crippen molar-refractivity contribution < 1.29 is 4.74 Å². The molecule has 0 fully saturated rings. The van der Waals surface area contributed by atoms with Gasteiger partial charge in [0.15, 0.2) is 0 Å². The number of hydrogen-bond acceptors (Lipinski definition) is 4. The lowest BCUT2D eigenvalue weighted by atomic mass is 10.3. The van der Waals surface area contributed by atoms with Crippen molar-refractivity contribution in [2.24, 2.45) is 0 Å². The smallest absolute Gasteiger partial charge is 0.219 e. The highest BCUT2D eigenvalue weighted by atomic mass is 16.5. The van der Waals surface area contributed by atoms with E-state index < -0.39 is 0 Å². The van der Waals surface area contributed by atoms with Gasteiger partial charge in [-0.05, 0) is 6.42 Å². The molecule has 0 saturated heterocycles. The van der Waals surface area contributed by atoms with Gasteiger partial charge in [0.1, 0.15) is 18.2 Å². The first-order valence-corrected chi connectivity index (χ1v) is 4.63. The van der Waals surface area contributed by atoms with Crippen LogP contribution >= 0.6 is 0 Å². The van der Waals surface area contributed by atoms with Crippen molar-refractivity contribution in [3.05, 3.63) is 24.5 Å². The minimum absolute atomic E-state index is 0.433. The summed E-state index contributed by atoms with van der Waals surface area (Å²) in [4.78, 5) is 8.29. The van der Waals surface area contributed by atoms with Crippen LogP contribution in [0.4, 0.5) is 5.82 Å². The van der Waals surface area contributed by atoms with Crippen LogP contribution in [0.15, 0.2) is 18.7 Å². The van der Waals surface area contributed by atoms with Crippen molar-refractivity contribution in [3.63, 3.8) is 0 Å². The van der Waals surface area contributed by atoms with Crippen molar-refractivity contribution in [2.75, 3.05) is 12.3 Å². The average molecular weight is 193 g/mol. The highest BCUT2D eigenvalue weighted by Gasteiger charge is 2.01. The van der Waals surface area contributed by atoms with E-state index in [0.29, 0.717) is 18.3 Å². The minimum atomic E-state index is 0.433. The number of ether oxygens (including phenoxy) is 1. The number of hydrogen-bond donors (Lipinski definition) is 1. The van der Waals surface area contributed by atoms with Crippen LogP contribution in [0, 0.1) is 0 Å². The monoisotopic (exact) mass is 193 g/mol. The summed E-state index contributed by atoms with van der Waals surface area (Å²) in [5, 5.41) is 0. The predicted octanol–water partition coefficient (Wildman–Crippen LogP) is 1.58. The molecule has 1 aromatic rings. The Morgan fingerprint density at radius 2 is 2.36 bits per heavy atom. The fourth-order valence-electron chi connectivity index (χ4n) is 1.05. The maximum Gasteiger partial charge on any atom is 0.219 e. The largest absolute Gasteiger partial charge is 0.473 e. The van der Waals surface area contributed by atoms with E-state index in [4.69, 9.17) is 10.5 Å². The van der Waals surface area contributed by atoms with Crippen molar-refractivity contribution in [1.82, 2.24) is 9.97 Å². The van der Waals surface area contributed by atoms with Gasteiger partial charge in [-0.2, -0.15) is 4.98 Å². The van der Waals surface area contributed by atoms with E-state index in [1.165, 1.54) is 0 Å². The normalized spacial score (nSPS) is 9.79.